The van der Waals surface area contributed by atoms with Crippen LogP contribution in [0.5, 0.6) is 0 Å². The summed E-state index contributed by atoms with van der Waals surface area (Å²) in [5.74, 6) is 0. The van der Waals surface area contributed by atoms with Crippen molar-refractivity contribution in [2.45, 2.75) is 24.0 Å². The molecule has 4 atom stereocenters. The van der Waals surface area contributed by atoms with E-state index in [2.05, 4.69) is 4.98 Å². The summed E-state index contributed by atoms with van der Waals surface area (Å²) in [6, 6.07) is 1.18. The van der Waals surface area contributed by atoms with Crippen LogP contribution in [-0.2, 0) is 9.47 Å². The Hall–Kier alpha value is -1.48. The number of aliphatic hydroxyl groups is 2. The van der Waals surface area contributed by atoms with Crippen LogP contribution >= 0.6 is 0 Å². The van der Waals surface area contributed by atoms with E-state index in [-0.39, 0.29) is 6.61 Å². The second-order valence-corrected chi connectivity index (χ2v) is 4.47. The second-order valence-electron chi connectivity index (χ2n) is 4.47. The standard InChI is InChI=1S/C10H12N2O6/c13-3-10-4-17-6(7(10)15)8(18-10)12-2-1-5(14)11-9(12)16/h1-2,6-8,13,15H,3-4H2,(H,11,14,16). The minimum atomic E-state index is -1.19. The Morgan fingerprint density at radius 1 is 1.56 bits per heavy atom. The van der Waals surface area contributed by atoms with Gasteiger partial charge in [0.05, 0.1) is 13.2 Å². The largest absolute Gasteiger partial charge is 0.393 e. The van der Waals surface area contributed by atoms with Crippen LogP contribution in [0.15, 0.2) is 21.9 Å². The van der Waals surface area contributed by atoms with Crippen LogP contribution in [0.4, 0.5) is 0 Å². The van der Waals surface area contributed by atoms with Crippen LogP contribution in [0.25, 0.3) is 0 Å². The lowest BCUT2D eigenvalue weighted by atomic mass is 10.0. The number of aromatic nitrogens is 2. The molecule has 0 aliphatic carbocycles. The van der Waals surface area contributed by atoms with Gasteiger partial charge in [-0.05, 0) is 0 Å². The van der Waals surface area contributed by atoms with Crippen molar-refractivity contribution in [3.63, 3.8) is 0 Å². The van der Waals surface area contributed by atoms with Crippen molar-refractivity contribution in [2.75, 3.05) is 13.2 Å². The normalized spacial score (nSPS) is 38.2. The summed E-state index contributed by atoms with van der Waals surface area (Å²) < 4.78 is 12.0. The van der Waals surface area contributed by atoms with Gasteiger partial charge in [-0.1, -0.05) is 0 Å². The highest BCUT2D eigenvalue weighted by Gasteiger charge is 2.61. The van der Waals surface area contributed by atoms with Crippen molar-refractivity contribution in [1.29, 1.82) is 0 Å². The van der Waals surface area contributed by atoms with Gasteiger partial charge in [-0.15, -0.1) is 0 Å². The topological polar surface area (TPSA) is 114 Å². The molecule has 0 aromatic carbocycles. The maximum Gasteiger partial charge on any atom is 0.330 e. The average Bonchev–Trinajstić information content (AvgIpc) is 2.81. The zero-order valence-corrected chi connectivity index (χ0v) is 9.28. The van der Waals surface area contributed by atoms with Crippen LogP contribution in [0.3, 0.4) is 0 Å². The number of hydrogen-bond donors (Lipinski definition) is 3. The van der Waals surface area contributed by atoms with Gasteiger partial charge in [0.1, 0.15) is 17.8 Å². The summed E-state index contributed by atoms with van der Waals surface area (Å²) in [5.41, 5.74) is -2.35. The molecule has 98 valence electrons. The molecule has 4 unspecified atom stereocenters. The first-order valence-corrected chi connectivity index (χ1v) is 5.47. The molecule has 0 spiro atoms. The smallest absolute Gasteiger partial charge is 0.330 e. The molecule has 0 radical (unpaired) electrons. The van der Waals surface area contributed by atoms with E-state index in [0.717, 1.165) is 4.57 Å². The fourth-order valence-electron chi connectivity index (χ4n) is 2.38. The van der Waals surface area contributed by atoms with E-state index in [1.54, 1.807) is 0 Å². The molecule has 8 heteroatoms. The molecule has 3 N–H and O–H groups in total. The Bertz CT molecular complexity index is 580. The Morgan fingerprint density at radius 3 is 2.94 bits per heavy atom. The molecule has 2 saturated heterocycles. The molecule has 8 nitrogen and oxygen atoms in total. The third kappa shape index (κ3) is 1.40. The van der Waals surface area contributed by atoms with Crippen LogP contribution < -0.4 is 11.2 Å². The second kappa shape index (κ2) is 3.75. The number of H-pyrrole nitrogens is 1. The molecule has 2 aliphatic rings. The van der Waals surface area contributed by atoms with E-state index in [1.165, 1.54) is 12.3 Å². The quantitative estimate of drug-likeness (QED) is 0.541. The van der Waals surface area contributed by atoms with Gasteiger partial charge in [0, 0.05) is 12.3 Å². The van der Waals surface area contributed by atoms with Gasteiger partial charge in [0.2, 0.25) is 0 Å². The molecule has 0 saturated carbocycles. The summed E-state index contributed by atoms with van der Waals surface area (Å²) in [6.45, 7) is -0.330. The fourth-order valence-corrected chi connectivity index (χ4v) is 2.38. The van der Waals surface area contributed by atoms with E-state index < -0.39 is 41.9 Å². The van der Waals surface area contributed by atoms with Crippen molar-refractivity contribution in [1.82, 2.24) is 9.55 Å². The molecule has 1 aromatic heterocycles. The average molecular weight is 256 g/mol. The minimum absolute atomic E-state index is 0.0734. The third-order valence-corrected chi connectivity index (χ3v) is 3.40. The van der Waals surface area contributed by atoms with Crippen LogP contribution in [-0.4, -0.2) is 50.8 Å². The number of hydrogen-bond acceptors (Lipinski definition) is 6. The van der Waals surface area contributed by atoms with Crippen LogP contribution in [0, 0.1) is 0 Å². The lowest BCUT2D eigenvalue weighted by Crippen LogP contribution is -2.44. The first-order chi connectivity index (χ1) is 8.57. The molecule has 2 fully saturated rings. The molecule has 3 rings (SSSR count). The minimum Gasteiger partial charge on any atom is -0.393 e. The maximum absolute atomic E-state index is 11.6. The molecule has 1 aromatic rings. The Kier molecular flexibility index (Phi) is 2.42. The van der Waals surface area contributed by atoms with E-state index in [4.69, 9.17) is 9.47 Å². The number of nitrogens with zero attached hydrogens (tertiary/aromatic N) is 1. The molecule has 2 bridgehead atoms. The Morgan fingerprint density at radius 2 is 2.33 bits per heavy atom. The first kappa shape index (κ1) is 11.6. The first-order valence-electron chi connectivity index (χ1n) is 5.47. The monoisotopic (exact) mass is 256 g/mol. The summed E-state index contributed by atoms with van der Waals surface area (Å²) >= 11 is 0. The predicted molar refractivity (Wildman–Crippen MR) is 57.0 cm³/mol. The van der Waals surface area contributed by atoms with Crippen molar-refractivity contribution in [3.8, 4) is 0 Å². The summed E-state index contributed by atoms with van der Waals surface area (Å²) in [7, 11) is 0. The van der Waals surface area contributed by atoms with Gasteiger partial charge in [0.25, 0.3) is 5.56 Å². The van der Waals surface area contributed by atoms with Crippen molar-refractivity contribution in [3.05, 3.63) is 33.1 Å². The molecule has 0 amide bonds. The number of aliphatic hydroxyl groups excluding tert-OH is 2. The van der Waals surface area contributed by atoms with E-state index in [1.807, 2.05) is 0 Å². The number of nitrogens with one attached hydrogen (secondary N) is 1. The van der Waals surface area contributed by atoms with E-state index >= 15 is 0 Å². The van der Waals surface area contributed by atoms with Crippen LogP contribution in [0.1, 0.15) is 6.23 Å². The van der Waals surface area contributed by atoms with Crippen molar-refractivity contribution >= 4 is 0 Å². The zero-order chi connectivity index (χ0) is 12.9. The molecule has 3 heterocycles. The van der Waals surface area contributed by atoms with Gasteiger partial charge in [-0.2, -0.15) is 0 Å². The summed E-state index contributed by atoms with van der Waals surface area (Å²) in [4.78, 5) is 24.7. The van der Waals surface area contributed by atoms with Crippen LogP contribution in [0.2, 0.25) is 0 Å². The molecule has 2 aliphatic heterocycles. The number of aromatic amines is 1. The SMILES string of the molecule is O=c1ccn(C2OC3(CO)COC2C3O)c(=O)[nH]1. The molecular formula is C10H12N2O6. The molecular weight excluding hydrogens is 244 g/mol. The number of fused-ring (bicyclic) bond motifs is 2. The lowest BCUT2D eigenvalue weighted by molar-refractivity contribution is -0.187. The van der Waals surface area contributed by atoms with Crippen molar-refractivity contribution < 1.29 is 19.7 Å². The highest BCUT2D eigenvalue weighted by Crippen LogP contribution is 2.43. The van der Waals surface area contributed by atoms with Gasteiger partial charge in [-0.25, -0.2) is 4.79 Å². The van der Waals surface area contributed by atoms with Gasteiger partial charge < -0.3 is 19.7 Å². The Balaban J connectivity index is 2.01. The molecule has 18 heavy (non-hydrogen) atoms. The highest BCUT2D eigenvalue weighted by atomic mass is 16.7. The predicted octanol–water partition coefficient (Wildman–Crippen LogP) is -2.44. The summed E-state index contributed by atoms with van der Waals surface area (Å²) in [6.07, 6.45) is -1.33. The maximum atomic E-state index is 11.6. The zero-order valence-electron chi connectivity index (χ0n) is 9.28. The number of ether oxygens (including phenoxy) is 2. The van der Waals surface area contributed by atoms with Gasteiger partial charge >= 0.3 is 5.69 Å². The summed E-state index contributed by atoms with van der Waals surface area (Å²) in [5, 5.41) is 19.2. The fraction of sp³-hybridized carbons (Fsp3) is 0.600. The lowest BCUT2D eigenvalue weighted by Gasteiger charge is -2.29. The number of rotatable bonds is 2. The third-order valence-electron chi connectivity index (χ3n) is 3.40. The highest BCUT2D eigenvalue weighted by molar-refractivity contribution is 5.07. The van der Waals surface area contributed by atoms with E-state index in [9.17, 15) is 19.8 Å². The van der Waals surface area contributed by atoms with Gasteiger partial charge in [-0.3, -0.25) is 14.3 Å². The van der Waals surface area contributed by atoms with E-state index in [0.29, 0.717) is 0 Å². The van der Waals surface area contributed by atoms with Gasteiger partial charge in [0.15, 0.2) is 6.23 Å². The van der Waals surface area contributed by atoms with Crippen molar-refractivity contribution in [2.24, 2.45) is 0 Å². The Labute approximate surface area is 100 Å².